The van der Waals surface area contributed by atoms with Crippen molar-refractivity contribution >= 4 is 5.91 Å². The van der Waals surface area contributed by atoms with Gasteiger partial charge in [0, 0.05) is 24.7 Å². The fourth-order valence-electron chi connectivity index (χ4n) is 3.68. The molecule has 25 heavy (non-hydrogen) atoms. The average molecular weight is 342 g/mol. The monoisotopic (exact) mass is 342 g/mol. The van der Waals surface area contributed by atoms with Gasteiger partial charge < -0.3 is 24.1 Å². The first-order chi connectivity index (χ1) is 12.2. The highest BCUT2D eigenvalue weighted by Gasteiger charge is 2.32. The van der Waals surface area contributed by atoms with E-state index in [0.717, 1.165) is 18.9 Å². The Morgan fingerprint density at radius 1 is 1.24 bits per heavy atom. The topological polar surface area (TPSA) is 63.9 Å². The van der Waals surface area contributed by atoms with Crippen molar-refractivity contribution in [3.63, 3.8) is 0 Å². The number of methoxy groups -OCH3 is 1. The summed E-state index contributed by atoms with van der Waals surface area (Å²) in [5.41, 5.74) is 0.636. The maximum atomic E-state index is 12.5. The van der Waals surface area contributed by atoms with E-state index in [1.807, 2.05) is 0 Å². The summed E-state index contributed by atoms with van der Waals surface area (Å²) in [6.07, 6.45) is 3.82. The number of ether oxygens (including phenoxy) is 2. The number of furan rings is 1. The summed E-state index contributed by atoms with van der Waals surface area (Å²) in [4.78, 5) is 14.9. The fourth-order valence-corrected chi connectivity index (χ4v) is 3.68. The average Bonchev–Trinajstić information content (AvgIpc) is 3.21. The van der Waals surface area contributed by atoms with Crippen LogP contribution in [0.4, 0.5) is 0 Å². The van der Waals surface area contributed by atoms with Crippen LogP contribution < -0.4 is 14.8 Å². The molecule has 2 saturated heterocycles. The maximum absolute atomic E-state index is 12.5. The van der Waals surface area contributed by atoms with E-state index in [1.54, 1.807) is 37.4 Å². The first-order valence-electron chi connectivity index (χ1n) is 8.63. The van der Waals surface area contributed by atoms with Gasteiger partial charge >= 0.3 is 0 Å². The molecule has 6 heteroatoms. The van der Waals surface area contributed by atoms with Gasteiger partial charge in [-0.15, -0.1) is 0 Å². The SMILES string of the molecule is COc1coc(Oc2ccc(C(=O)NC3CC4CCN(C4)C3)cc2)c1. The van der Waals surface area contributed by atoms with E-state index in [9.17, 15) is 4.79 Å². The molecule has 2 aromatic rings. The van der Waals surface area contributed by atoms with E-state index in [4.69, 9.17) is 13.9 Å². The molecule has 0 radical (unpaired) electrons. The van der Waals surface area contributed by atoms with Crippen LogP contribution in [0, 0.1) is 5.92 Å². The van der Waals surface area contributed by atoms with E-state index in [2.05, 4.69) is 10.2 Å². The Morgan fingerprint density at radius 3 is 2.80 bits per heavy atom. The minimum atomic E-state index is -0.0290. The van der Waals surface area contributed by atoms with Crippen LogP contribution >= 0.6 is 0 Å². The van der Waals surface area contributed by atoms with E-state index in [1.165, 1.54) is 25.8 Å². The molecule has 132 valence electrons. The lowest BCUT2D eigenvalue weighted by atomic mass is 9.96. The third kappa shape index (κ3) is 3.64. The van der Waals surface area contributed by atoms with Crippen molar-refractivity contribution in [1.82, 2.24) is 10.2 Å². The minimum Gasteiger partial charge on any atom is -0.493 e. The first-order valence-corrected chi connectivity index (χ1v) is 8.63. The van der Waals surface area contributed by atoms with Gasteiger partial charge in [-0.2, -0.15) is 0 Å². The van der Waals surface area contributed by atoms with Crippen molar-refractivity contribution in [2.24, 2.45) is 5.92 Å². The summed E-state index contributed by atoms with van der Waals surface area (Å²) < 4.78 is 15.9. The molecule has 0 spiro atoms. The van der Waals surface area contributed by atoms with Gasteiger partial charge in [0.05, 0.1) is 13.2 Å². The molecule has 2 aliphatic rings. The second kappa shape index (κ2) is 6.80. The zero-order valence-electron chi connectivity index (χ0n) is 14.2. The molecule has 3 heterocycles. The molecule has 0 saturated carbocycles. The number of nitrogens with one attached hydrogen (secondary N) is 1. The second-order valence-electron chi connectivity index (χ2n) is 6.75. The number of carbonyl (C=O) groups excluding carboxylic acids is 1. The molecular formula is C19H22N2O4. The Balaban J connectivity index is 1.35. The number of benzene rings is 1. The van der Waals surface area contributed by atoms with E-state index < -0.39 is 0 Å². The number of fused-ring (bicyclic) bond motifs is 2. The Kier molecular flexibility index (Phi) is 4.36. The lowest BCUT2D eigenvalue weighted by Crippen LogP contribution is -2.46. The molecule has 1 N–H and O–H groups in total. The van der Waals surface area contributed by atoms with Gasteiger partial charge in [-0.3, -0.25) is 4.79 Å². The van der Waals surface area contributed by atoms with Crippen molar-refractivity contribution in [1.29, 1.82) is 0 Å². The second-order valence-corrected chi connectivity index (χ2v) is 6.75. The molecular weight excluding hydrogens is 320 g/mol. The molecule has 0 aliphatic carbocycles. The third-order valence-electron chi connectivity index (χ3n) is 4.92. The number of rotatable bonds is 5. The number of piperidine rings is 1. The van der Waals surface area contributed by atoms with Crippen LogP contribution in [0.15, 0.2) is 41.0 Å². The minimum absolute atomic E-state index is 0.0290. The largest absolute Gasteiger partial charge is 0.493 e. The van der Waals surface area contributed by atoms with Gasteiger partial charge in [0.2, 0.25) is 0 Å². The molecule has 2 bridgehead atoms. The summed E-state index contributed by atoms with van der Waals surface area (Å²) in [7, 11) is 1.57. The maximum Gasteiger partial charge on any atom is 0.293 e. The predicted octanol–water partition coefficient (Wildman–Crippen LogP) is 2.90. The Hall–Kier alpha value is -2.47. The van der Waals surface area contributed by atoms with Gasteiger partial charge in [0.25, 0.3) is 11.9 Å². The lowest BCUT2D eigenvalue weighted by molar-refractivity contribution is 0.0909. The quantitative estimate of drug-likeness (QED) is 0.905. The van der Waals surface area contributed by atoms with Crippen LogP contribution in [-0.2, 0) is 0 Å². The third-order valence-corrected chi connectivity index (χ3v) is 4.92. The molecule has 2 aliphatic heterocycles. The number of nitrogens with zero attached hydrogens (tertiary/aromatic N) is 1. The van der Waals surface area contributed by atoms with Gasteiger partial charge in [-0.25, -0.2) is 0 Å². The van der Waals surface area contributed by atoms with Crippen molar-refractivity contribution in [3.8, 4) is 17.4 Å². The highest BCUT2D eigenvalue weighted by Crippen LogP contribution is 2.28. The summed E-state index contributed by atoms with van der Waals surface area (Å²) in [6.45, 7) is 3.32. The van der Waals surface area contributed by atoms with Gasteiger partial charge in [-0.1, -0.05) is 0 Å². The van der Waals surface area contributed by atoms with Crippen LogP contribution in [0.3, 0.4) is 0 Å². The van der Waals surface area contributed by atoms with Crippen LogP contribution in [0.2, 0.25) is 0 Å². The van der Waals surface area contributed by atoms with Gasteiger partial charge in [0.15, 0.2) is 5.75 Å². The van der Waals surface area contributed by atoms with E-state index >= 15 is 0 Å². The molecule has 6 nitrogen and oxygen atoms in total. The van der Waals surface area contributed by atoms with Crippen molar-refractivity contribution < 1.29 is 18.7 Å². The first kappa shape index (κ1) is 16.0. The molecule has 1 amide bonds. The summed E-state index contributed by atoms with van der Waals surface area (Å²) in [5.74, 6) is 2.26. The zero-order valence-corrected chi connectivity index (χ0v) is 14.2. The van der Waals surface area contributed by atoms with Gasteiger partial charge in [0.1, 0.15) is 12.0 Å². The van der Waals surface area contributed by atoms with Crippen LogP contribution in [-0.4, -0.2) is 43.6 Å². The molecule has 2 fully saturated rings. The van der Waals surface area contributed by atoms with E-state index in [-0.39, 0.29) is 11.9 Å². The predicted molar refractivity (Wildman–Crippen MR) is 92.2 cm³/mol. The normalized spacial score (nSPS) is 24.8. The van der Waals surface area contributed by atoms with Gasteiger partial charge in [-0.05, 0) is 49.6 Å². The Bertz CT molecular complexity index is 728. The summed E-state index contributed by atoms with van der Waals surface area (Å²) >= 11 is 0. The van der Waals surface area contributed by atoms with Crippen LogP contribution in [0.1, 0.15) is 23.2 Å². The highest BCUT2D eigenvalue weighted by atomic mass is 16.6. The van der Waals surface area contributed by atoms with Crippen molar-refractivity contribution in [3.05, 3.63) is 42.2 Å². The number of carbonyl (C=O) groups is 1. The fraction of sp³-hybridized carbons (Fsp3) is 0.421. The number of hydrogen-bond acceptors (Lipinski definition) is 5. The standard InChI is InChI=1S/C19H22N2O4/c1-23-17-9-18(24-12-17)25-16-4-2-14(3-5-16)19(22)20-15-8-13-6-7-21(10-13)11-15/h2-5,9,12-13,15H,6-8,10-11H2,1H3,(H,20,22). The molecule has 3 atom stereocenters. The highest BCUT2D eigenvalue weighted by molar-refractivity contribution is 5.94. The molecule has 3 unspecified atom stereocenters. The lowest BCUT2D eigenvalue weighted by Gasteiger charge is -2.30. The smallest absolute Gasteiger partial charge is 0.293 e. The molecule has 1 aromatic carbocycles. The number of hydrogen-bond donors (Lipinski definition) is 1. The van der Waals surface area contributed by atoms with Crippen LogP contribution in [0.5, 0.6) is 17.4 Å². The Labute approximate surface area is 146 Å². The van der Waals surface area contributed by atoms with Crippen LogP contribution in [0.25, 0.3) is 0 Å². The van der Waals surface area contributed by atoms with Crippen molar-refractivity contribution in [2.45, 2.75) is 18.9 Å². The molecule has 4 rings (SSSR count). The molecule has 1 aromatic heterocycles. The number of amides is 1. The Morgan fingerprint density at radius 2 is 2.08 bits per heavy atom. The van der Waals surface area contributed by atoms with Crippen molar-refractivity contribution in [2.75, 3.05) is 26.7 Å². The zero-order chi connectivity index (χ0) is 17.2. The summed E-state index contributed by atoms with van der Waals surface area (Å²) in [6, 6.07) is 8.97. The van der Waals surface area contributed by atoms with E-state index in [0.29, 0.717) is 23.0 Å². The summed E-state index contributed by atoms with van der Waals surface area (Å²) in [5, 5.41) is 3.16.